The first-order valence-electron chi connectivity index (χ1n) is 6.55. The molecule has 3 rings (SSSR count). The number of halogens is 1. The molecule has 0 amide bonds. The Morgan fingerprint density at radius 3 is 2.53 bits per heavy atom. The van der Waals surface area contributed by atoms with Crippen molar-refractivity contribution in [1.82, 2.24) is 5.32 Å². The van der Waals surface area contributed by atoms with E-state index in [0.29, 0.717) is 5.02 Å². The topological polar surface area (TPSA) is 21.3 Å². The van der Waals surface area contributed by atoms with Crippen LogP contribution in [0.3, 0.4) is 0 Å². The van der Waals surface area contributed by atoms with Gasteiger partial charge in [-0.3, -0.25) is 0 Å². The van der Waals surface area contributed by atoms with Crippen LogP contribution in [0.15, 0.2) is 48.5 Å². The van der Waals surface area contributed by atoms with Crippen molar-refractivity contribution in [2.24, 2.45) is 0 Å². The fraction of sp³-hybridized carbons (Fsp3) is 0.250. The SMILES string of the molecule is Clc1cccc(Oc2ccc(CNC3CC3)cc2)c1. The summed E-state index contributed by atoms with van der Waals surface area (Å²) in [6.07, 6.45) is 2.63. The molecule has 19 heavy (non-hydrogen) atoms. The van der Waals surface area contributed by atoms with Gasteiger partial charge in [-0.25, -0.2) is 0 Å². The third kappa shape index (κ3) is 3.72. The molecule has 1 saturated carbocycles. The lowest BCUT2D eigenvalue weighted by Gasteiger charge is -2.07. The van der Waals surface area contributed by atoms with E-state index in [9.17, 15) is 0 Å². The fourth-order valence-electron chi connectivity index (χ4n) is 1.89. The minimum atomic E-state index is 0.683. The highest BCUT2D eigenvalue weighted by Gasteiger charge is 2.19. The largest absolute Gasteiger partial charge is 0.457 e. The molecule has 0 heterocycles. The van der Waals surface area contributed by atoms with Gasteiger partial charge in [-0.2, -0.15) is 0 Å². The van der Waals surface area contributed by atoms with E-state index in [4.69, 9.17) is 16.3 Å². The van der Waals surface area contributed by atoms with Crippen LogP contribution in [0.1, 0.15) is 18.4 Å². The zero-order valence-electron chi connectivity index (χ0n) is 10.6. The molecule has 2 aromatic rings. The van der Waals surface area contributed by atoms with Crippen LogP contribution in [0.25, 0.3) is 0 Å². The van der Waals surface area contributed by atoms with Gasteiger partial charge in [0.1, 0.15) is 11.5 Å². The van der Waals surface area contributed by atoms with Gasteiger partial charge in [-0.1, -0.05) is 29.8 Å². The van der Waals surface area contributed by atoms with Crippen molar-refractivity contribution in [3.63, 3.8) is 0 Å². The van der Waals surface area contributed by atoms with Gasteiger partial charge in [0.05, 0.1) is 0 Å². The lowest BCUT2D eigenvalue weighted by atomic mass is 10.2. The number of benzene rings is 2. The molecule has 0 aromatic heterocycles. The molecule has 2 nitrogen and oxygen atoms in total. The van der Waals surface area contributed by atoms with E-state index in [1.807, 2.05) is 36.4 Å². The first kappa shape index (κ1) is 12.5. The minimum Gasteiger partial charge on any atom is -0.457 e. The fourth-order valence-corrected chi connectivity index (χ4v) is 2.07. The molecular formula is C16H16ClNO. The van der Waals surface area contributed by atoms with Crippen molar-refractivity contribution in [2.45, 2.75) is 25.4 Å². The number of nitrogens with one attached hydrogen (secondary N) is 1. The van der Waals surface area contributed by atoms with Crippen LogP contribution in [-0.2, 0) is 6.54 Å². The zero-order valence-corrected chi connectivity index (χ0v) is 11.4. The molecule has 1 aliphatic rings. The molecule has 98 valence electrons. The summed E-state index contributed by atoms with van der Waals surface area (Å²) in [6.45, 7) is 0.933. The first-order valence-corrected chi connectivity index (χ1v) is 6.93. The Morgan fingerprint density at radius 2 is 1.84 bits per heavy atom. The van der Waals surface area contributed by atoms with Gasteiger partial charge in [-0.15, -0.1) is 0 Å². The molecule has 0 atom stereocenters. The van der Waals surface area contributed by atoms with Gasteiger partial charge >= 0.3 is 0 Å². The Labute approximate surface area is 118 Å². The third-order valence-corrected chi connectivity index (χ3v) is 3.36. The number of hydrogen-bond donors (Lipinski definition) is 1. The maximum absolute atomic E-state index is 5.92. The molecule has 0 spiro atoms. The molecule has 1 N–H and O–H groups in total. The molecule has 0 bridgehead atoms. The van der Waals surface area contributed by atoms with E-state index in [1.54, 1.807) is 0 Å². The standard InChI is InChI=1S/C16H16ClNO/c17-13-2-1-3-16(10-13)19-15-8-4-12(5-9-15)11-18-14-6-7-14/h1-5,8-10,14,18H,6-7,11H2. The van der Waals surface area contributed by atoms with Gasteiger partial charge < -0.3 is 10.1 Å². The second kappa shape index (κ2) is 5.64. The Kier molecular flexibility index (Phi) is 3.72. The van der Waals surface area contributed by atoms with E-state index in [1.165, 1.54) is 18.4 Å². The van der Waals surface area contributed by atoms with E-state index < -0.39 is 0 Å². The molecule has 0 aliphatic heterocycles. The Morgan fingerprint density at radius 1 is 1.05 bits per heavy atom. The highest BCUT2D eigenvalue weighted by molar-refractivity contribution is 6.30. The van der Waals surface area contributed by atoms with Crippen molar-refractivity contribution in [3.8, 4) is 11.5 Å². The monoisotopic (exact) mass is 273 g/mol. The smallest absolute Gasteiger partial charge is 0.128 e. The van der Waals surface area contributed by atoms with Crippen LogP contribution in [-0.4, -0.2) is 6.04 Å². The molecule has 2 aromatic carbocycles. The molecule has 3 heteroatoms. The van der Waals surface area contributed by atoms with Crippen molar-refractivity contribution in [1.29, 1.82) is 0 Å². The van der Waals surface area contributed by atoms with Crippen molar-refractivity contribution in [3.05, 3.63) is 59.1 Å². The summed E-state index contributed by atoms with van der Waals surface area (Å²) in [5.41, 5.74) is 1.28. The lowest BCUT2D eigenvalue weighted by molar-refractivity contribution is 0.482. The summed E-state index contributed by atoms with van der Waals surface area (Å²) in [6, 6.07) is 16.3. The lowest BCUT2D eigenvalue weighted by Crippen LogP contribution is -2.14. The second-order valence-electron chi connectivity index (χ2n) is 4.86. The Bertz CT molecular complexity index is 549. The van der Waals surface area contributed by atoms with Crippen molar-refractivity contribution in [2.75, 3.05) is 0 Å². The van der Waals surface area contributed by atoms with Crippen LogP contribution in [0.4, 0.5) is 0 Å². The highest BCUT2D eigenvalue weighted by Crippen LogP contribution is 2.24. The van der Waals surface area contributed by atoms with Crippen LogP contribution in [0.5, 0.6) is 11.5 Å². The molecule has 0 radical (unpaired) electrons. The average molecular weight is 274 g/mol. The quantitative estimate of drug-likeness (QED) is 0.873. The van der Waals surface area contributed by atoms with E-state index in [-0.39, 0.29) is 0 Å². The van der Waals surface area contributed by atoms with Crippen LogP contribution >= 0.6 is 11.6 Å². The number of hydrogen-bond acceptors (Lipinski definition) is 2. The summed E-state index contributed by atoms with van der Waals surface area (Å²) < 4.78 is 5.75. The molecule has 0 saturated heterocycles. The van der Waals surface area contributed by atoms with E-state index >= 15 is 0 Å². The summed E-state index contributed by atoms with van der Waals surface area (Å²) in [5, 5.41) is 4.17. The molecule has 1 fully saturated rings. The summed E-state index contributed by atoms with van der Waals surface area (Å²) in [7, 11) is 0. The van der Waals surface area contributed by atoms with Gasteiger partial charge in [0.2, 0.25) is 0 Å². The van der Waals surface area contributed by atoms with E-state index in [2.05, 4.69) is 17.4 Å². The third-order valence-electron chi connectivity index (χ3n) is 3.13. The average Bonchev–Trinajstić information content (AvgIpc) is 3.22. The normalized spacial score (nSPS) is 14.4. The summed E-state index contributed by atoms with van der Waals surface area (Å²) in [4.78, 5) is 0. The van der Waals surface area contributed by atoms with Gasteiger partial charge in [0.15, 0.2) is 0 Å². The van der Waals surface area contributed by atoms with Crippen LogP contribution < -0.4 is 10.1 Å². The molecule has 1 aliphatic carbocycles. The Balaban J connectivity index is 1.61. The predicted octanol–water partition coefficient (Wildman–Crippen LogP) is 4.38. The highest BCUT2D eigenvalue weighted by atomic mass is 35.5. The van der Waals surface area contributed by atoms with E-state index in [0.717, 1.165) is 24.1 Å². The molecular weight excluding hydrogens is 258 g/mol. The predicted molar refractivity (Wildman–Crippen MR) is 77.8 cm³/mol. The maximum Gasteiger partial charge on any atom is 0.128 e. The van der Waals surface area contributed by atoms with Crippen LogP contribution in [0, 0.1) is 0 Å². The maximum atomic E-state index is 5.92. The number of rotatable bonds is 5. The zero-order chi connectivity index (χ0) is 13.1. The van der Waals surface area contributed by atoms with Crippen LogP contribution in [0.2, 0.25) is 5.02 Å². The summed E-state index contributed by atoms with van der Waals surface area (Å²) in [5.74, 6) is 1.59. The second-order valence-corrected chi connectivity index (χ2v) is 5.29. The van der Waals surface area contributed by atoms with Gasteiger partial charge in [0.25, 0.3) is 0 Å². The van der Waals surface area contributed by atoms with Gasteiger partial charge in [0, 0.05) is 17.6 Å². The summed E-state index contributed by atoms with van der Waals surface area (Å²) >= 11 is 5.92. The van der Waals surface area contributed by atoms with Gasteiger partial charge in [-0.05, 0) is 48.7 Å². The number of ether oxygens (including phenoxy) is 1. The Hall–Kier alpha value is -1.51. The minimum absolute atomic E-state index is 0.683. The van der Waals surface area contributed by atoms with Crippen molar-refractivity contribution < 1.29 is 4.74 Å². The molecule has 0 unspecified atom stereocenters. The van der Waals surface area contributed by atoms with Crippen molar-refractivity contribution >= 4 is 11.6 Å². The first-order chi connectivity index (χ1) is 9.29.